The Morgan fingerprint density at radius 2 is 1.89 bits per heavy atom. The molecule has 0 radical (unpaired) electrons. The molecule has 2 rings (SSSR count). The highest BCUT2D eigenvalue weighted by molar-refractivity contribution is 7.99. The quantitative estimate of drug-likeness (QED) is 0.880. The fraction of sp³-hybridized carbons (Fsp3) is 0. The normalized spacial score (nSPS) is 17.7. The molecule has 6 nitrogen and oxygen atoms in total. The molecule has 18 heavy (non-hydrogen) atoms. The number of rotatable bonds is 2. The molecule has 94 valence electrons. The molecule has 0 spiro atoms. The van der Waals surface area contributed by atoms with Crippen LogP contribution in [0.15, 0.2) is 34.7 Å². The van der Waals surface area contributed by atoms with Gasteiger partial charge in [-0.05, 0) is 12.1 Å². The van der Waals surface area contributed by atoms with Gasteiger partial charge in [-0.3, -0.25) is 4.79 Å². The van der Waals surface area contributed by atoms with Gasteiger partial charge in [-0.2, -0.15) is 12.7 Å². The van der Waals surface area contributed by atoms with Crippen LogP contribution >= 0.6 is 11.6 Å². The van der Waals surface area contributed by atoms with Gasteiger partial charge < -0.3 is 5.11 Å². The number of para-hydroxylation sites is 1. The van der Waals surface area contributed by atoms with Crippen molar-refractivity contribution in [3.8, 4) is 0 Å². The van der Waals surface area contributed by atoms with Crippen LogP contribution in [-0.2, 0) is 14.8 Å². The van der Waals surface area contributed by atoms with Crippen LogP contribution in [-0.4, -0.2) is 25.4 Å². The van der Waals surface area contributed by atoms with E-state index in [1.807, 2.05) is 0 Å². The van der Waals surface area contributed by atoms with Gasteiger partial charge in [-0.15, -0.1) is 0 Å². The zero-order chi connectivity index (χ0) is 13.5. The Kier molecular flexibility index (Phi) is 2.88. The van der Waals surface area contributed by atoms with E-state index in [0.717, 1.165) is 6.08 Å². The molecule has 0 saturated heterocycles. The molecule has 8 heteroatoms. The van der Waals surface area contributed by atoms with Crippen LogP contribution in [0, 0.1) is 0 Å². The van der Waals surface area contributed by atoms with Crippen molar-refractivity contribution in [2.75, 3.05) is 4.31 Å². The fourth-order valence-corrected chi connectivity index (χ4v) is 2.95. The van der Waals surface area contributed by atoms with Gasteiger partial charge in [0.05, 0.1) is 11.3 Å². The van der Waals surface area contributed by atoms with Gasteiger partial charge in [-0.25, -0.2) is 4.79 Å². The molecule has 1 N–H and O–H groups in total. The zero-order valence-corrected chi connectivity index (χ0v) is 10.3. The lowest BCUT2D eigenvalue weighted by Crippen LogP contribution is -2.31. The average molecular weight is 288 g/mol. The van der Waals surface area contributed by atoms with Crippen LogP contribution in [0.5, 0.6) is 0 Å². The average Bonchev–Trinajstić information content (AvgIpc) is 2.48. The first-order valence-corrected chi connectivity index (χ1v) is 6.46. The summed E-state index contributed by atoms with van der Waals surface area (Å²) in [7, 11) is -4.18. The largest absolute Gasteiger partial charge is 0.478 e. The Balaban J connectivity index is 2.65. The number of hydrogen-bond acceptors (Lipinski definition) is 4. The van der Waals surface area contributed by atoms with Gasteiger partial charge in [-0.1, -0.05) is 23.7 Å². The second-order valence-corrected chi connectivity index (χ2v) is 5.76. The lowest BCUT2D eigenvalue weighted by molar-refractivity contribution is -0.112. The number of anilines is 1. The maximum atomic E-state index is 11.8. The summed E-state index contributed by atoms with van der Waals surface area (Å²) in [4.78, 5) is 22.6. The van der Waals surface area contributed by atoms with E-state index in [-0.39, 0.29) is 11.3 Å². The molecular formula is C10H6ClNO5S. The van der Waals surface area contributed by atoms with Crippen molar-refractivity contribution >= 4 is 39.2 Å². The lowest BCUT2D eigenvalue weighted by Gasteiger charge is -2.17. The third-order valence-corrected chi connectivity index (χ3v) is 4.44. The molecule has 1 amide bonds. The van der Waals surface area contributed by atoms with Crippen molar-refractivity contribution in [2.45, 2.75) is 0 Å². The second-order valence-electron chi connectivity index (χ2n) is 3.38. The first kappa shape index (κ1) is 12.6. The van der Waals surface area contributed by atoms with E-state index in [0.29, 0.717) is 4.31 Å². The number of nitrogens with zero attached hydrogens (tertiary/aromatic N) is 1. The minimum absolute atomic E-state index is 0.234. The highest BCUT2D eigenvalue weighted by Gasteiger charge is 2.39. The van der Waals surface area contributed by atoms with E-state index in [1.165, 1.54) is 24.3 Å². The van der Waals surface area contributed by atoms with Crippen LogP contribution in [0.25, 0.3) is 0 Å². The van der Waals surface area contributed by atoms with Crippen LogP contribution in [0.2, 0.25) is 0 Å². The summed E-state index contributed by atoms with van der Waals surface area (Å²) < 4.78 is 23.3. The van der Waals surface area contributed by atoms with E-state index in [1.54, 1.807) is 0 Å². The molecule has 1 aliphatic rings. The molecule has 0 atom stereocenters. The summed E-state index contributed by atoms with van der Waals surface area (Å²) in [5.41, 5.74) is -0.531. The van der Waals surface area contributed by atoms with E-state index in [2.05, 4.69) is 0 Å². The van der Waals surface area contributed by atoms with Crippen molar-refractivity contribution in [1.82, 2.24) is 0 Å². The second kappa shape index (κ2) is 4.11. The first-order valence-electron chi connectivity index (χ1n) is 4.64. The third-order valence-electron chi connectivity index (χ3n) is 2.28. The Morgan fingerprint density at radius 1 is 1.28 bits per heavy atom. The molecule has 0 aromatic heterocycles. The van der Waals surface area contributed by atoms with E-state index in [9.17, 15) is 18.0 Å². The molecule has 0 fully saturated rings. The van der Waals surface area contributed by atoms with Gasteiger partial charge in [0.2, 0.25) is 0 Å². The van der Waals surface area contributed by atoms with Gasteiger partial charge in [0.15, 0.2) is 4.36 Å². The summed E-state index contributed by atoms with van der Waals surface area (Å²) >= 11 is 5.44. The van der Waals surface area contributed by atoms with Crippen LogP contribution in [0.4, 0.5) is 5.69 Å². The number of carbonyl (C=O) groups is 2. The number of sulfonamides is 1. The highest BCUT2D eigenvalue weighted by atomic mass is 35.5. The number of benzene rings is 1. The molecule has 0 unspecified atom stereocenters. The lowest BCUT2D eigenvalue weighted by atomic mass is 10.2. The minimum Gasteiger partial charge on any atom is -0.478 e. The summed E-state index contributed by atoms with van der Waals surface area (Å²) in [6.07, 6.45) is 0.732. The molecule has 0 bridgehead atoms. The van der Waals surface area contributed by atoms with Crippen LogP contribution < -0.4 is 4.31 Å². The molecular weight excluding hydrogens is 282 g/mol. The van der Waals surface area contributed by atoms with Gasteiger partial charge in [0.25, 0.3) is 15.9 Å². The standard InChI is InChI=1S/C10H6ClNO5S/c11-8-5-9(13)12(18(8,16)17)7-4-2-1-3-6(7)10(14)15/h1-5H,(H,14,15). The number of halogens is 1. The van der Waals surface area contributed by atoms with Gasteiger partial charge in [0.1, 0.15) is 0 Å². The Bertz CT molecular complexity index is 679. The fourth-order valence-electron chi connectivity index (χ4n) is 1.52. The number of carboxylic acids is 1. The van der Waals surface area contributed by atoms with Crippen LogP contribution in [0.1, 0.15) is 10.4 Å². The zero-order valence-electron chi connectivity index (χ0n) is 8.70. The number of carbonyl (C=O) groups excluding carboxylic acids is 1. The van der Waals surface area contributed by atoms with Crippen molar-refractivity contribution < 1.29 is 23.1 Å². The monoisotopic (exact) mass is 287 g/mol. The van der Waals surface area contributed by atoms with Gasteiger partial charge in [0, 0.05) is 6.08 Å². The molecule has 1 aliphatic heterocycles. The van der Waals surface area contributed by atoms with Gasteiger partial charge >= 0.3 is 5.97 Å². The minimum atomic E-state index is -4.18. The van der Waals surface area contributed by atoms with Crippen molar-refractivity contribution in [3.63, 3.8) is 0 Å². The molecule has 1 heterocycles. The smallest absolute Gasteiger partial charge is 0.337 e. The van der Waals surface area contributed by atoms with Crippen molar-refractivity contribution in [2.24, 2.45) is 0 Å². The summed E-state index contributed by atoms with van der Waals surface area (Å²) in [5, 5.41) is 8.97. The number of amides is 1. The topological polar surface area (TPSA) is 91.8 Å². The number of hydrogen-bond donors (Lipinski definition) is 1. The predicted octanol–water partition coefficient (Wildman–Crippen LogP) is 1.14. The highest BCUT2D eigenvalue weighted by Crippen LogP contribution is 2.32. The Hall–Kier alpha value is -1.86. The van der Waals surface area contributed by atoms with E-state index in [4.69, 9.17) is 16.7 Å². The van der Waals surface area contributed by atoms with E-state index < -0.39 is 26.3 Å². The molecule has 1 aromatic carbocycles. The third kappa shape index (κ3) is 1.77. The summed E-state index contributed by atoms with van der Waals surface area (Å²) in [5.74, 6) is -2.23. The van der Waals surface area contributed by atoms with Crippen molar-refractivity contribution in [1.29, 1.82) is 0 Å². The summed E-state index contributed by atoms with van der Waals surface area (Å²) in [6.45, 7) is 0. The number of carboxylic acid groups (broad SMARTS) is 1. The predicted molar refractivity (Wildman–Crippen MR) is 63.7 cm³/mol. The summed E-state index contributed by atoms with van der Waals surface area (Å²) in [6, 6.07) is 5.28. The SMILES string of the molecule is O=C(O)c1ccccc1N1C(=O)C=C(Cl)S1(=O)=O. The first-order chi connectivity index (χ1) is 8.35. The molecule has 1 aromatic rings. The number of aromatic carboxylic acids is 1. The Morgan fingerprint density at radius 3 is 2.39 bits per heavy atom. The maximum absolute atomic E-state index is 11.8. The van der Waals surface area contributed by atoms with E-state index >= 15 is 0 Å². The van der Waals surface area contributed by atoms with Crippen molar-refractivity contribution in [3.05, 3.63) is 40.3 Å². The molecule has 0 saturated carbocycles. The van der Waals surface area contributed by atoms with Crippen LogP contribution in [0.3, 0.4) is 0 Å². The Labute approximate surface area is 107 Å². The molecule has 0 aliphatic carbocycles. The maximum Gasteiger partial charge on any atom is 0.337 e.